The SMILES string of the molecule is Cc1ccccc1S(=O)(=O)N1CC[C@@H](C)[C@@H](N(C)c2ccnc3[nH]ccc23)C1. The quantitative estimate of drug-likeness (QED) is 0.731. The largest absolute Gasteiger partial charge is 0.369 e. The second-order valence-electron chi connectivity index (χ2n) is 7.64. The van der Waals surface area contributed by atoms with Crippen molar-refractivity contribution in [2.45, 2.75) is 31.2 Å². The molecular weight excluding hydrogens is 372 g/mol. The first-order chi connectivity index (χ1) is 13.4. The van der Waals surface area contributed by atoms with Gasteiger partial charge in [-0.05, 0) is 43.0 Å². The van der Waals surface area contributed by atoms with Crippen LogP contribution in [0.15, 0.2) is 53.7 Å². The molecule has 0 unspecified atom stereocenters. The van der Waals surface area contributed by atoms with E-state index >= 15 is 0 Å². The number of H-pyrrole nitrogens is 1. The van der Waals surface area contributed by atoms with Gasteiger partial charge in [-0.3, -0.25) is 0 Å². The molecule has 28 heavy (non-hydrogen) atoms. The molecular formula is C21H26N4O2S. The Hall–Kier alpha value is -2.38. The highest BCUT2D eigenvalue weighted by Crippen LogP contribution is 2.32. The van der Waals surface area contributed by atoms with Gasteiger partial charge >= 0.3 is 0 Å². The molecule has 0 saturated carbocycles. The van der Waals surface area contributed by atoms with E-state index in [-0.39, 0.29) is 6.04 Å². The van der Waals surface area contributed by atoms with Crippen molar-refractivity contribution in [1.82, 2.24) is 14.3 Å². The lowest BCUT2D eigenvalue weighted by Crippen LogP contribution is -2.52. The minimum absolute atomic E-state index is 0.0908. The van der Waals surface area contributed by atoms with E-state index in [0.717, 1.165) is 28.7 Å². The van der Waals surface area contributed by atoms with Crippen molar-refractivity contribution in [3.63, 3.8) is 0 Å². The van der Waals surface area contributed by atoms with Crippen LogP contribution in [0.3, 0.4) is 0 Å². The number of anilines is 1. The number of hydrogen-bond donors (Lipinski definition) is 1. The molecule has 148 valence electrons. The first-order valence-corrected chi connectivity index (χ1v) is 11.0. The van der Waals surface area contributed by atoms with Gasteiger partial charge in [-0.1, -0.05) is 25.1 Å². The lowest BCUT2D eigenvalue weighted by Gasteiger charge is -2.42. The number of aromatic amines is 1. The van der Waals surface area contributed by atoms with E-state index in [1.807, 2.05) is 44.4 Å². The average Bonchev–Trinajstić information content (AvgIpc) is 3.16. The Balaban J connectivity index is 1.65. The van der Waals surface area contributed by atoms with Crippen LogP contribution in [-0.2, 0) is 10.0 Å². The van der Waals surface area contributed by atoms with E-state index in [2.05, 4.69) is 21.8 Å². The Labute approximate surface area is 166 Å². The number of nitrogens with one attached hydrogen (secondary N) is 1. The summed E-state index contributed by atoms with van der Waals surface area (Å²) in [6, 6.07) is 11.3. The molecule has 0 aliphatic carbocycles. The number of likely N-dealkylation sites (N-methyl/N-ethyl adjacent to an activating group) is 1. The monoisotopic (exact) mass is 398 g/mol. The number of fused-ring (bicyclic) bond motifs is 1. The van der Waals surface area contributed by atoms with Crippen LogP contribution in [0.25, 0.3) is 11.0 Å². The molecule has 4 rings (SSSR count). The third-order valence-electron chi connectivity index (χ3n) is 5.91. The van der Waals surface area contributed by atoms with Gasteiger partial charge in [0.2, 0.25) is 10.0 Å². The molecule has 0 radical (unpaired) electrons. The lowest BCUT2D eigenvalue weighted by atomic mass is 9.93. The number of aryl methyl sites for hydroxylation is 1. The zero-order valence-electron chi connectivity index (χ0n) is 16.5. The van der Waals surface area contributed by atoms with Gasteiger partial charge in [0.05, 0.1) is 4.90 Å². The molecule has 0 bridgehead atoms. The zero-order chi connectivity index (χ0) is 19.9. The van der Waals surface area contributed by atoms with Gasteiger partial charge in [0.25, 0.3) is 0 Å². The van der Waals surface area contributed by atoms with Crippen molar-refractivity contribution < 1.29 is 8.42 Å². The minimum atomic E-state index is -3.51. The van der Waals surface area contributed by atoms with Crippen molar-refractivity contribution in [3.05, 3.63) is 54.4 Å². The van der Waals surface area contributed by atoms with Gasteiger partial charge in [-0.25, -0.2) is 13.4 Å². The normalized spacial score (nSPS) is 21.1. The standard InChI is InChI=1S/C21H26N4O2S/c1-15-10-13-25(28(26,27)20-7-5-4-6-16(20)2)14-19(15)24(3)18-9-12-23-21-17(18)8-11-22-21/h4-9,11-12,15,19H,10,13-14H2,1-3H3,(H,22,23)/t15-,19+/m1/s1. The summed E-state index contributed by atoms with van der Waals surface area (Å²) in [4.78, 5) is 10.1. The van der Waals surface area contributed by atoms with Gasteiger partial charge in [0.1, 0.15) is 5.65 Å². The van der Waals surface area contributed by atoms with Gasteiger partial charge in [-0.15, -0.1) is 0 Å². The molecule has 7 heteroatoms. The summed E-state index contributed by atoms with van der Waals surface area (Å²) in [7, 11) is -1.46. The molecule has 3 aromatic rings. The molecule has 3 heterocycles. The van der Waals surface area contributed by atoms with Crippen molar-refractivity contribution >= 4 is 26.7 Å². The fraction of sp³-hybridized carbons (Fsp3) is 0.381. The van der Waals surface area contributed by atoms with E-state index in [4.69, 9.17) is 0 Å². The maximum Gasteiger partial charge on any atom is 0.243 e. The van der Waals surface area contributed by atoms with Crippen LogP contribution < -0.4 is 4.90 Å². The molecule has 1 aliphatic heterocycles. The smallest absolute Gasteiger partial charge is 0.243 e. The van der Waals surface area contributed by atoms with Crippen LogP contribution in [0.1, 0.15) is 18.9 Å². The number of piperidine rings is 1. The Bertz CT molecular complexity index is 1090. The fourth-order valence-electron chi connectivity index (χ4n) is 4.16. The highest BCUT2D eigenvalue weighted by molar-refractivity contribution is 7.89. The lowest BCUT2D eigenvalue weighted by molar-refractivity contribution is 0.247. The van der Waals surface area contributed by atoms with Crippen molar-refractivity contribution in [2.75, 3.05) is 25.0 Å². The summed E-state index contributed by atoms with van der Waals surface area (Å²) < 4.78 is 28.2. The van der Waals surface area contributed by atoms with Gasteiger partial charge in [-0.2, -0.15) is 4.31 Å². The zero-order valence-corrected chi connectivity index (χ0v) is 17.3. The highest BCUT2D eigenvalue weighted by atomic mass is 32.2. The summed E-state index contributed by atoms with van der Waals surface area (Å²) in [5.74, 6) is 0.385. The first kappa shape index (κ1) is 19.0. The average molecular weight is 399 g/mol. The van der Waals surface area contributed by atoms with E-state index in [0.29, 0.717) is 23.9 Å². The summed E-state index contributed by atoms with van der Waals surface area (Å²) in [6.45, 7) is 5.08. The number of hydrogen-bond acceptors (Lipinski definition) is 4. The Kier molecular flexibility index (Phi) is 4.89. The molecule has 1 N–H and O–H groups in total. The Morgan fingerprint density at radius 3 is 2.79 bits per heavy atom. The van der Waals surface area contributed by atoms with E-state index in [1.165, 1.54) is 0 Å². The Morgan fingerprint density at radius 1 is 1.21 bits per heavy atom. The second-order valence-corrected chi connectivity index (χ2v) is 9.55. The number of sulfonamides is 1. The molecule has 1 aliphatic rings. The van der Waals surface area contributed by atoms with Crippen LogP contribution in [0.2, 0.25) is 0 Å². The van der Waals surface area contributed by atoms with Crippen LogP contribution in [0.4, 0.5) is 5.69 Å². The van der Waals surface area contributed by atoms with Crippen LogP contribution in [-0.4, -0.2) is 48.9 Å². The topological polar surface area (TPSA) is 69.3 Å². The predicted octanol–water partition coefficient (Wildman–Crippen LogP) is 3.41. The number of benzene rings is 1. The summed E-state index contributed by atoms with van der Waals surface area (Å²) in [5.41, 5.74) is 2.70. The fourth-order valence-corrected chi connectivity index (χ4v) is 5.86. The third-order valence-corrected chi connectivity index (χ3v) is 7.93. The van der Waals surface area contributed by atoms with E-state index < -0.39 is 10.0 Å². The van der Waals surface area contributed by atoms with Gasteiger partial charge in [0.15, 0.2) is 0 Å². The first-order valence-electron chi connectivity index (χ1n) is 9.60. The van der Waals surface area contributed by atoms with Crippen LogP contribution in [0, 0.1) is 12.8 Å². The van der Waals surface area contributed by atoms with Crippen LogP contribution in [0.5, 0.6) is 0 Å². The molecule has 2 aromatic heterocycles. The molecule has 1 fully saturated rings. The predicted molar refractivity (Wildman–Crippen MR) is 112 cm³/mol. The Morgan fingerprint density at radius 2 is 2.00 bits per heavy atom. The van der Waals surface area contributed by atoms with E-state index in [1.54, 1.807) is 22.6 Å². The summed E-state index contributed by atoms with van der Waals surface area (Å²) in [5, 5.41) is 1.05. The maximum absolute atomic E-state index is 13.3. The molecule has 0 spiro atoms. The molecule has 6 nitrogen and oxygen atoms in total. The highest BCUT2D eigenvalue weighted by Gasteiger charge is 2.36. The number of pyridine rings is 1. The number of aromatic nitrogens is 2. The second kappa shape index (κ2) is 7.22. The van der Waals surface area contributed by atoms with Gasteiger partial charge < -0.3 is 9.88 Å². The summed E-state index contributed by atoms with van der Waals surface area (Å²) >= 11 is 0. The molecule has 1 aromatic carbocycles. The summed E-state index contributed by atoms with van der Waals surface area (Å²) in [6.07, 6.45) is 4.51. The van der Waals surface area contributed by atoms with Crippen LogP contribution >= 0.6 is 0 Å². The molecule has 1 saturated heterocycles. The van der Waals surface area contributed by atoms with E-state index in [9.17, 15) is 8.42 Å². The molecule has 2 atom stereocenters. The number of nitrogens with zero attached hydrogens (tertiary/aromatic N) is 3. The number of rotatable bonds is 4. The van der Waals surface area contributed by atoms with Crippen molar-refractivity contribution in [1.29, 1.82) is 0 Å². The third kappa shape index (κ3) is 3.18. The van der Waals surface area contributed by atoms with Crippen molar-refractivity contribution in [2.24, 2.45) is 5.92 Å². The maximum atomic E-state index is 13.3. The van der Waals surface area contributed by atoms with Crippen molar-refractivity contribution in [3.8, 4) is 0 Å². The molecule has 0 amide bonds. The van der Waals surface area contributed by atoms with Gasteiger partial charge in [0, 0.05) is 49.6 Å². The minimum Gasteiger partial charge on any atom is -0.369 e.